The van der Waals surface area contributed by atoms with Gasteiger partial charge >= 0.3 is 0 Å². The van der Waals surface area contributed by atoms with Crippen LogP contribution in [0.3, 0.4) is 0 Å². The second kappa shape index (κ2) is 5.22. The van der Waals surface area contributed by atoms with Crippen molar-refractivity contribution in [3.05, 3.63) is 42.5 Å². The Morgan fingerprint density at radius 3 is 2.57 bits per heavy atom. The van der Waals surface area contributed by atoms with E-state index >= 15 is 0 Å². The number of hydrogen-bond acceptors (Lipinski definition) is 1. The summed E-state index contributed by atoms with van der Waals surface area (Å²) in [6.45, 7) is 6.48. The summed E-state index contributed by atoms with van der Waals surface area (Å²) < 4.78 is 0. The first-order valence-corrected chi connectivity index (χ1v) is 4.78. The lowest BCUT2D eigenvalue weighted by Crippen LogP contribution is -2.24. The van der Waals surface area contributed by atoms with Crippen LogP contribution in [-0.2, 0) is 4.79 Å². The van der Waals surface area contributed by atoms with E-state index in [4.69, 9.17) is 0 Å². The molecule has 2 heteroatoms. The van der Waals surface area contributed by atoms with Crippen molar-refractivity contribution in [2.45, 2.75) is 13.3 Å². The minimum atomic E-state index is -0.0851. The Morgan fingerprint density at radius 1 is 1.36 bits per heavy atom. The van der Waals surface area contributed by atoms with Crippen LogP contribution < -0.4 is 5.32 Å². The number of nitrogens with one attached hydrogen (secondary N) is 1. The Labute approximate surface area is 84.6 Å². The molecule has 0 bridgehead atoms. The standard InChI is InChI=1S/C12H15NO/c1-3-9-13-12(14)10(2)11-7-5-4-6-8-11/h4-8H,2-3,9H2,1H3,(H,13,14). The third-order valence-electron chi connectivity index (χ3n) is 1.93. The van der Waals surface area contributed by atoms with Crippen LogP contribution in [0.4, 0.5) is 0 Å². The van der Waals surface area contributed by atoms with Crippen molar-refractivity contribution in [2.24, 2.45) is 0 Å². The average molecular weight is 189 g/mol. The quantitative estimate of drug-likeness (QED) is 0.723. The maximum Gasteiger partial charge on any atom is 0.251 e. The van der Waals surface area contributed by atoms with Gasteiger partial charge in [-0.25, -0.2) is 0 Å². The van der Waals surface area contributed by atoms with E-state index in [9.17, 15) is 4.79 Å². The number of amides is 1. The topological polar surface area (TPSA) is 29.1 Å². The highest BCUT2D eigenvalue weighted by Gasteiger charge is 2.06. The van der Waals surface area contributed by atoms with Crippen LogP contribution in [0, 0.1) is 0 Å². The molecule has 0 aliphatic rings. The number of carbonyl (C=O) groups is 1. The van der Waals surface area contributed by atoms with Crippen LogP contribution in [0.2, 0.25) is 0 Å². The molecule has 1 amide bonds. The van der Waals surface area contributed by atoms with Gasteiger partial charge < -0.3 is 5.32 Å². The second-order valence-corrected chi connectivity index (χ2v) is 3.10. The Morgan fingerprint density at radius 2 is 2.00 bits per heavy atom. The highest BCUT2D eigenvalue weighted by Crippen LogP contribution is 2.10. The van der Waals surface area contributed by atoms with E-state index in [0.717, 1.165) is 12.0 Å². The Bertz CT molecular complexity index is 316. The molecule has 0 fully saturated rings. The molecule has 0 heterocycles. The van der Waals surface area contributed by atoms with Crippen LogP contribution in [-0.4, -0.2) is 12.5 Å². The molecule has 0 aromatic heterocycles. The van der Waals surface area contributed by atoms with Gasteiger partial charge in [0.25, 0.3) is 5.91 Å². The Kier molecular flexibility index (Phi) is 3.92. The average Bonchev–Trinajstić information content (AvgIpc) is 2.26. The molecule has 1 rings (SSSR count). The van der Waals surface area contributed by atoms with Gasteiger partial charge in [0, 0.05) is 12.1 Å². The summed E-state index contributed by atoms with van der Waals surface area (Å²) in [6.07, 6.45) is 0.938. The zero-order chi connectivity index (χ0) is 10.4. The molecule has 14 heavy (non-hydrogen) atoms. The summed E-state index contributed by atoms with van der Waals surface area (Å²) in [6, 6.07) is 9.48. The van der Waals surface area contributed by atoms with Crippen LogP contribution in [0.1, 0.15) is 18.9 Å². The van der Waals surface area contributed by atoms with Gasteiger partial charge in [0.15, 0.2) is 0 Å². The number of hydrogen-bond donors (Lipinski definition) is 1. The van der Waals surface area contributed by atoms with Crippen molar-refractivity contribution in [1.82, 2.24) is 5.32 Å². The van der Waals surface area contributed by atoms with Gasteiger partial charge in [0.1, 0.15) is 0 Å². The summed E-state index contributed by atoms with van der Waals surface area (Å²) >= 11 is 0. The lowest BCUT2D eigenvalue weighted by molar-refractivity contribution is -0.115. The second-order valence-electron chi connectivity index (χ2n) is 3.10. The van der Waals surface area contributed by atoms with Crippen molar-refractivity contribution in [3.8, 4) is 0 Å². The maximum atomic E-state index is 11.5. The SMILES string of the molecule is C=C(C(=O)NCCC)c1ccccc1. The van der Waals surface area contributed by atoms with Crippen LogP contribution >= 0.6 is 0 Å². The molecule has 0 aliphatic carbocycles. The van der Waals surface area contributed by atoms with E-state index in [-0.39, 0.29) is 5.91 Å². The van der Waals surface area contributed by atoms with Gasteiger partial charge in [-0.1, -0.05) is 43.8 Å². The van der Waals surface area contributed by atoms with E-state index in [1.54, 1.807) is 0 Å². The molecule has 0 atom stereocenters. The Balaban J connectivity index is 2.62. The van der Waals surface area contributed by atoms with Gasteiger partial charge in [-0.15, -0.1) is 0 Å². The number of rotatable bonds is 4. The molecule has 2 nitrogen and oxygen atoms in total. The fraction of sp³-hybridized carbons (Fsp3) is 0.250. The van der Waals surface area contributed by atoms with Crippen LogP contribution in [0.15, 0.2) is 36.9 Å². The maximum absolute atomic E-state index is 11.5. The predicted octanol–water partition coefficient (Wildman–Crippen LogP) is 2.23. The zero-order valence-electron chi connectivity index (χ0n) is 8.42. The highest BCUT2D eigenvalue weighted by atomic mass is 16.1. The van der Waals surface area contributed by atoms with Gasteiger partial charge in [-0.05, 0) is 12.0 Å². The predicted molar refractivity (Wildman–Crippen MR) is 58.8 cm³/mol. The molecule has 0 spiro atoms. The van der Waals surface area contributed by atoms with Gasteiger partial charge in [0.05, 0.1) is 0 Å². The van der Waals surface area contributed by atoms with Crippen molar-refractivity contribution in [1.29, 1.82) is 0 Å². The molecule has 0 saturated heterocycles. The van der Waals surface area contributed by atoms with Gasteiger partial charge in [0.2, 0.25) is 0 Å². The first-order valence-electron chi connectivity index (χ1n) is 4.78. The van der Waals surface area contributed by atoms with Crippen molar-refractivity contribution in [2.75, 3.05) is 6.54 Å². The molecule has 74 valence electrons. The van der Waals surface area contributed by atoms with Crippen molar-refractivity contribution < 1.29 is 4.79 Å². The van der Waals surface area contributed by atoms with Crippen molar-refractivity contribution >= 4 is 11.5 Å². The smallest absolute Gasteiger partial charge is 0.251 e. The monoisotopic (exact) mass is 189 g/mol. The molecule has 1 aromatic rings. The largest absolute Gasteiger partial charge is 0.352 e. The van der Waals surface area contributed by atoms with Crippen LogP contribution in [0.25, 0.3) is 5.57 Å². The summed E-state index contributed by atoms with van der Waals surface area (Å²) in [5.74, 6) is -0.0851. The van der Waals surface area contributed by atoms with Crippen molar-refractivity contribution in [3.63, 3.8) is 0 Å². The molecule has 1 aromatic carbocycles. The minimum absolute atomic E-state index is 0.0851. The van der Waals surface area contributed by atoms with Gasteiger partial charge in [-0.3, -0.25) is 4.79 Å². The number of carbonyl (C=O) groups excluding carboxylic acids is 1. The van der Waals surface area contributed by atoms with E-state index in [1.165, 1.54) is 0 Å². The summed E-state index contributed by atoms with van der Waals surface area (Å²) in [7, 11) is 0. The van der Waals surface area contributed by atoms with Crippen LogP contribution in [0.5, 0.6) is 0 Å². The fourth-order valence-corrected chi connectivity index (χ4v) is 1.12. The lowest BCUT2D eigenvalue weighted by atomic mass is 10.1. The molecule has 0 saturated carbocycles. The Hall–Kier alpha value is -1.57. The zero-order valence-corrected chi connectivity index (χ0v) is 8.42. The summed E-state index contributed by atoms with van der Waals surface area (Å²) in [5.41, 5.74) is 1.40. The lowest BCUT2D eigenvalue weighted by Gasteiger charge is -2.06. The first kappa shape index (κ1) is 10.5. The third kappa shape index (κ3) is 2.73. The van der Waals surface area contributed by atoms with E-state index in [0.29, 0.717) is 12.1 Å². The summed E-state index contributed by atoms with van der Waals surface area (Å²) in [5, 5.41) is 2.79. The highest BCUT2D eigenvalue weighted by molar-refractivity contribution is 6.18. The van der Waals surface area contributed by atoms with E-state index in [1.807, 2.05) is 37.3 Å². The normalized spacial score (nSPS) is 9.50. The molecular weight excluding hydrogens is 174 g/mol. The van der Waals surface area contributed by atoms with Gasteiger partial charge in [-0.2, -0.15) is 0 Å². The minimum Gasteiger partial charge on any atom is -0.352 e. The van der Waals surface area contributed by atoms with E-state index in [2.05, 4.69) is 11.9 Å². The fourth-order valence-electron chi connectivity index (χ4n) is 1.12. The molecule has 0 radical (unpaired) electrons. The van der Waals surface area contributed by atoms with E-state index < -0.39 is 0 Å². The molecule has 1 N–H and O–H groups in total. The summed E-state index contributed by atoms with van der Waals surface area (Å²) in [4.78, 5) is 11.5. The first-order chi connectivity index (χ1) is 6.75. The number of benzene rings is 1. The molecule has 0 unspecified atom stereocenters. The molecule has 0 aliphatic heterocycles. The third-order valence-corrected chi connectivity index (χ3v) is 1.93. The molecular formula is C12H15NO.